The van der Waals surface area contributed by atoms with E-state index in [-0.39, 0.29) is 0 Å². The molecule has 0 saturated heterocycles. The van der Waals surface area contributed by atoms with Crippen molar-refractivity contribution < 1.29 is 0 Å². The van der Waals surface area contributed by atoms with Gasteiger partial charge in [-0.15, -0.1) is 11.8 Å². The average Bonchev–Trinajstić information content (AvgIpc) is 2.66. The summed E-state index contributed by atoms with van der Waals surface area (Å²) in [5.74, 6) is 0. The third kappa shape index (κ3) is 6.24. The summed E-state index contributed by atoms with van der Waals surface area (Å²) in [6.45, 7) is 12.4. The van der Waals surface area contributed by atoms with Gasteiger partial charge in [0.1, 0.15) is 0 Å². The van der Waals surface area contributed by atoms with Gasteiger partial charge in [-0.2, -0.15) is 0 Å². The third-order valence-corrected chi connectivity index (χ3v) is 5.20. The Morgan fingerprint density at radius 3 is 2.54 bits per heavy atom. The van der Waals surface area contributed by atoms with Crippen molar-refractivity contribution in [3.05, 3.63) is 106 Å². The monoisotopic (exact) mass is 360 g/mol. The maximum absolute atomic E-state index is 4.24. The first-order valence-corrected chi connectivity index (χ1v) is 10.1. The number of hydrogen-bond acceptors (Lipinski definition) is 1. The van der Waals surface area contributed by atoms with Gasteiger partial charge in [-0.1, -0.05) is 73.3 Å². The standard InChI is InChI=1S/C25H28S/c1-6-22-8-7-9-23(18-22)12-10-19(2)16-25(26-5)15-14-24-13-11-20(3)21(4)17-24/h6-9,11,13-18H,1-2,10,12H2,3-5H3/b15-14+,25-16-. The molecule has 2 aromatic rings. The third-order valence-electron chi connectivity index (χ3n) is 4.47. The van der Waals surface area contributed by atoms with Crippen molar-refractivity contribution in [2.75, 3.05) is 6.26 Å². The number of thioether (sulfide) groups is 1. The Morgan fingerprint density at radius 2 is 1.85 bits per heavy atom. The van der Waals surface area contributed by atoms with Crippen LogP contribution in [0.5, 0.6) is 0 Å². The molecule has 0 N–H and O–H groups in total. The summed E-state index contributed by atoms with van der Waals surface area (Å²) in [4.78, 5) is 1.23. The maximum Gasteiger partial charge on any atom is 0.00718 e. The lowest BCUT2D eigenvalue weighted by molar-refractivity contribution is 0.968. The Bertz CT molecular complexity index is 837. The van der Waals surface area contributed by atoms with Crippen LogP contribution in [0.15, 0.2) is 78.3 Å². The second-order valence-electron chi connectivity index (χ2n) is 6.54. The van der Waals surface area contributed by atoms with Crippen molar-refractivity contribution >= 4 is 23.9 Å². The molecule has 0 aliphatic rings. The van der Waals surface area contributed by atoms with Crippen LogP contribution in [0.4, 0.5) is 0 Å². The molecule has 0 bridgehead atoms. The number of allylic oxidation sites excluding steroid dienone is 3. The molecule has 0 amide bonds. The summed E-state index contributed by atoms with van der Waals surface area (Å²) in [7, 11) is 0. The lowest BCUT2D eigenvalue weighted by Crippen LogP contribution is -1.88. The first kappa shape index (κ1) is 20.1. The fourth-order valence-electron chi connectivity index (χ4n) is 2.68. The molecule has 1 heteroatoms. The van der Waals surface area contributed by atoms with Crippen molar-refractivity contribution in [3.63, 3.8) is 0 Å². The fraction of sp³-hybridized carbons (Fsp3) is 0.200. The predicted molar refractivity (Wildman–Crippen MR) is 121 cm³/mol. The van der Waals surface area contributed by atoms with E-state index in [2.05, 4.69) is 94.0 Å². The molecule has 0 atom stereocenters. The van der Waals surface area contributed by atoms with E-state index in [9.17, 15) is 0 Å². The fourth-order valence-corrected chi connectivity index (χ4v) is 3.16. The maximum atomic E-state index is 4.24. The molecule has 0 radical (unpaired) electrons. The van der Waals surface area contributed by atoms with Gasteiger partial charge < -0.3 is 0 Å². The van der Waals surface area contributed by atoms with Crippen LogP contribution < -0.4 is 0 Å². The molecule has 0 heterocycles. The first-order valence-electron chi connectivity index (χ1n) is 8.92. The molecular weight excluding hydrogens is 332 g/mol. The highest BCUT2D eigenvalue weighted by atomic mass is 32.2. The molecule has 0 aliphatic heterocycles. The van der Waals surface area contributed by atoms with Gasteiger partial charge in [-0.05, 0) is 72.9 Å². The normalized spacial score (nSPS) is 11.7. The highest BCUT2D eigenvalue weighted by Gasteiger charge is 1.99. The molecule has 134 valence electrons. The second-order valence-corrected chi connectivity index (χ2v) is 7.41. The van der Waals surface area contributed by atoms with Gasteiger partial charge in [0, 0.05) is 4.91 Å². The van der Waals surface area contributed by atoms with Gasteiger partial charge in [0.2, 0.25) is 0 Å². The Kier molecular flexibility index (Phi) is 7.74. The van der Waals surface area contributed by atoms with Gasteiger partial charge in [0.15, 0.2) is 0 Å². The van der Waals surface area contributed by atoms with E-state index in [1.165, 1.54) is 32.7 Å². The molecule has 2 rings (SSSR count). The molecule has 2 aromatic carbocycles. The van der Waals surface area contributed by atoms with E-state index in [0.717, 1.165) is 18.4 Å². The van der Waals surface area contributed by atoms with Crippen molar-refractivity contribution in [1.29, 1.82) is 0 Å². The van der Waals surface area contributed by atoms with Gasteiger partial charge in [-0.3, -0.25) is 0 Å². The summed E-state index contributed by atoms with van der Waals surface area (Å²) in [6, 6.07) is 15.1. The van der Waals surface area contributed by atoms with Gasteiger partial charge >= 0.3 is 0 Å². The Morgan fingerprint density at radius 1 is 1.04 bits per heavy atom. The van der Waals surface area contributed by atoms with Crippen LogP contribution in [0.2, 0.25) is 0 Å². The quantitative estimate of drug-likeness (QED) is 0.442. The van der Waals surface area contributed by atoms with Crippen molar-refractivity contribution in [2.45, 2.75) is 26.7 Å². The summed E-state index contributed by atoms with van der Waals surface area (Å²) in [5, 5.41) is 0. The Hall–Kier alpha value is -2.25. The summed E-state index contributed by atoms with van der Waals surface area (Å²) in [6.07, 6.45) is 12.5. The number of benzene rings is 2. The molecular formula is C25H28S. The zero-order valence-corrected chi connectivity index (χ0v) is 16.9. The predicted octanol–water partition coefficient (Wildman–Crippen LogP) is 7.40. The minimum atomic E-state index is 0.960. The Labute approximate surface area is 163 Å². The van der Waals surface area contributed by atoms with E-state index < -0.39 is 0 Å². The van der Waals surface area contributed by atoms with Crippen LogP contribution in [0.1, 0.15) is 34.2 Å². The number of aryl methyl sites for hydroxylation is 3. The molecule has 0 nitrogen and oxygen atoms in total. The molecule has 0 spiro atoms. The van der Waals surface area contributed by atoms with Crippen LogP contribution in [0.3, 0.4) is 0 Å². The van der Waals surface area contributed by atoms with Crippen molar-refractivity contribution in [1.82, 2.24) is 0 Å². The van der Waals surface area contributed by atoms with E-state index in [0.29, 0.717) is 0 Å². The van der Waals surface area contributed by atoms with E-state index in [4.69, 9.17) is 0 Å². The first-order chi connectivity index (χ1) is 12.5. The minimum absolute atomic E-state index is 0.960. The molecule has 0 unspecified atom stereocenters. The van der Waals surface area contributed by atoms with Gasteiger partial charge in [-0.25, -0.2) is 0 Å². The van der Waals surface area contributed by atoms with Crippen molar-refractivity contribution in [2.24, 2.45) is 0 Å². The lowest BCUT2D eigenvalue weighted by atomic mass is 10.0. The molecule has 0 aromatic heterocycles. The summed E-state index contributed by atoms with van der Waals surface area (Å²) >= 11 is 1.75. The van der Waals surface area contributed by atoms with E-state index >= 15 is 0 Å². The highest BCUT2D eigenvalue weighted by Crippen LogP contribution is 2.20. The summed E-state index contributed by atoms with van der Waals surface area (Å²) in [5.41, 5.74) is 7.55. The van der Waals surface area contributed by atoms with E-state index in [1.807, 2.05) is 6.08 Å². The van der Waals surface area contributed by atoms with Gasteiger partial charge in [0.05, 0.1) is 0 Å². The van der Waals surface area contributed by atoms with Crippen LogP contribution in [0, 0.1) is 13.8 Å². The zero-order valence-electron chi connectivity index (χ0n) is 16.1. The number of hydrogen-bond donors (Lipinski definition) is 0. The zero-order chi connectivity index (χ0) is 18.9. The van der Waals surface area contributed by atoms with Crippen molar-refractivity contribution in [3.8, 4) is 0 Å². The number of rotatable bonds is 8. The molecule has 26 heavy (non-hydrogen) atoms. The highest BCUT2D eigenvalue weighted by molar-refractivity contribution is 8.02. The molecule has 0 saturated carbocycles. The summed E-state index contributed by atoms with van der Waals surface area (Å²) < 4.78 is 0. The second kappa shape index (κ2) is 10.0. The SMILES string of the molecule is C=Cc1cccc(CCC(=C)/C=C(/C=C/c2ccc(C)c(C)c2)SC)c1. The minimum Gasteiger partial charge on any atom is -0.130 e. The van der Waals surface area contributed by atoms with Crippen LogP contribution in [-0.4, -0.2) is 6.26 Å². The molecule has 0 fully saturated rings. The Balaban J connectivity index is 2.00. The van der Waals surface area contributed by atoms with Gasteiger partial charge in [0.25, 0.3) is 0 Å². The largest absolute Gasteiger partial charge is 0.130 e. The smallest absolute Gasteiger partial charge is 0.00718 e. The van der Waals surface area contributed by atoms with Crippen LogP contribution in [-0.2, 0) is 6.42 Å². The van der Waals surface area contributed by atoms with E-state index in [1.54, 1.807) is 11.8 Å². The topological polar surface area (TPSA) is 0 Å². The lowest BCUT2D eigenvalue weighted by Gasteiger charge is -2.05. The van der Waals surface area contributed by atoms with Crippen LogP contribution in [0.25, 0.3) is 12.2 Å². The average molecular weight is 361 g/mol. The van der Waals surface area contributed by atoms with Crippen LogP contribution >= 0.6 is 11.8 Å². The molecule has 0 aliphatic carbocycles.